The summed E-state index contributed by atoms with van der Waals surface area (Å²) in [5, 5.41) is 8.86. The number of amides is 1. The van der Waals surface area contributed by atoms with Crippen molar-refractivity contribution in [3.8, 4) is 17.1 Å². The van der Waals surface area contributed by atoms with Gasteiger partial charge in [-0.15, -0.1) is 0 Å². The number of rotatable bonds is 6. The minimum absolute atomic E-state index is 0.0860. The van der Waals surface area contributed by atoms with Gasteiger partial charge in [-0.2, -0.15) is 4.98 Å². The summed E-state index contributed by atoms with van der Waals surface area (Å²) in [4.78, 5) is 16.3. The number of nitrogens with one attached hydrogen (secondary N) is 1. The molecule has 0 unspecified atom stereocenters. The monoisotopic (exact) mass is 373 g/mol. The lowest BCUT2D eigenvalue weighted by molar-refractivity contribution is -0.123. The van der Waals surface area contributed by atoms with Gasteiger partial charge in [0.25, 0.3) is 5.91 Å². The third kappa shape index (κ3) is 4.17. The zero-order valence-corrected chi connectivity index (χ0v) is 15.4. The Balaban J connectivity index is 1.30. The number of carbonyl (C=O) groups excluding carboxylic acids is 1. The summed E-state index contributed by atoms with van der Waals surface area (Å²) in [6.45, 7) is 2.08. The third-order valence-electron chi connectivity index (χ3n) is 4.31. The summed E-state index contributed by atoms with van der Waals surface area (Å²) >= 11 is 0. The van der Waals surface area contributed by atoms with Gasteiger partial charge in [0.05, 0.1) is 6.54 Å². The molecule has 0 aliphatic rings. The Bertz CT molecular complexity index is 1100. The SMILES string of the molecule is Cc1ccc(-c2noc(CNC(=O)COc3ccc4ccccc4c3)n2)cc1. The molecule has 0 fully saturated rings. The van der Waals surface area contributed by atoms with E-state index in [4.69, 9.17) is 9.26 Å². The molecule has 0 spiro atoms. The van der Waals surface area contributed by atoms with E-state index < -0.39 is 0 Å². The third-order valence-corrected chi connectivity index (χ3v) is 4.31. The number of ether oxygens (including phenoxy) is 1. The van der Waals surface area contributed by atoms with Crippen LogP contribution in [-0.2, 0) is 11.3 Å². The van der Waals surface area contributed by atoms with E-state index in [0.29, 0.717) is 17.5 Å². The van der Waals surface area contributed by atoms with Crippen molar-refractivity contribution in [2.24, 2.45) is 0 Å². The highest BCUT2D eigenvalue weighted by atomic mass is 16.5. The van der Waals surface area contributed by atoms with Gasteiger partial charge >= 0.3 is 0 Å². The number of aryl methyl sites for hydroxylation is 1. The zero-order valence-electron chi connectivity index (χ0n) is 15.4. The summed E-state index contributed by atoms with van der Waals surface area (Å²) in [7, 11) is 0. The molecule has 6 heteroatoms. The number of fused-ring (bicyclic) bond motifs is 1. The molecule has 0 aliphatic carbocycles. The van der Waals surface area contributed by atoms with Gasteiger partial charge in [0.2, 0.25) is 11.7 Å². The van der Waals surface area contributed by atoms with Gasteiger partial charge in [0, 0.05) is 5.56 Å². The molecule has 1 aromatic heterocycles. The summed E-state index contributed by atoms with van der Waals surface area (Å²) in [6.07, 6.45) is 0. The van der Waals surface area contributed by atoms with Crippen LogP contribution in [0.3, 0.4) is 0 Å². The smallest absolute Gasteiger partial charge is 0.258 e. The van der Waals surface area contributed by atoms with E-state index in [9.17, 15) is 4.79 Å². The fourth-order valence-corrected chi connectivity index (χ4v) is 2.78. The average molecular weight is 373 g/mol. The maximum Gasteiger partial charge on any atom is 0.258 e. The Kier molecular flexibility index (Phi) is 5.01. The van der Waals surface area contributed by atoms with Gasteiger partial charge in [0.15, 0.2) is 6.61 Å². The molecule has 3 aromatic carbocycles. The van der Waals surface area contributed by atoms with Crippen molar-refractivity contribution >= 4 is 16.7 Å². The number of hydrogen-bond donors (Lipinski definition) is 1. The molecular weight excluding hydrogens is 354 g/mol. The first-order valence-corrected chi connectivity index (χ1v) is 8.95. The van der Waals surface area contributed by atoms with Crippen LogP contribution in [0.1, 0.15) is 11.5 Å². The molecule has 0 saturated heterocycles. The van der Waals surface area contributed by atoms with E-state index in [1.807, 2.05) is 73.7 Å². The van der Waals surface area contributed by atoms with Crippen molar-refractivity contribution in [1.82, 2.24) is 15.5 Å². The van der Waals surface area contributed by atoms with Crippen molar-refractivity contribution < 1.29 is 14.1 Å². The van der Waals surface area contributed by atoms with Crippen LogP contribution in [0.2, 0.25) is 0 Å². The molecule has 0 atom stereocenters. The Morgan fingerprint density at radius 1 is 1.04 bits per heavy atom. The van der Waals surface area contributed by atoms with Gasteiger partial charge in [-0.25, -0.2) is 0 Å². The molecule has 0 saturated carbocycles. The van der Waals surface area contributed by atoms with Crippen LogP contribution in [-0.4, -0.2) is 22.7 Å². The van der Waals surface area contributed by atoms with Crippen molar-refractivity contribution in [2.75, 3.05) is 6.61 Å². The van der Waals surface area contributed by atoms with Crippen LogP contribution in [0.4, 0.5) is 0 Å². The Hall–Kier alpha value is -3.67. The minimum atomic E-state index is -0.261. The summed E-state index contributed by atoms with van der Waals surface area (Å²) in [6, 6.07) is 21.5. The van der Waals surface area contributed by atoms with E-state index in [-0.39, 0.29) is 19.1 Å². The van der Waals surface area contributed by atoms with Gasteiger partial charge in [-0.1, -0.05) is 65.3 Å². The topological polar surface area (TPSA) is 77.2 Å². The van der Waals surface area contributed by atoms with Gasteiger partial charge < -0.3 is 14.6 Å². The Labute approximate surface area is 162 Å². The lowest BCUT2D eigenvalue weighted by Crippen LogP contribution is -2.28. The first kappa shape index (κ1) is 17.7. The fourth-order valence-electron chi connectivity index (χ4n) is 2.78. The number of hydrogen-bond acceptors (Lipinski definition) is 5. The largest absolute Gasteiger partial charge is 0.484 e. The van der Waals surface area contributed by atoms with Crippen molar-refractivity contribution in [2.45, 2.75) is 13.5 Å². The maximum absolute atomic E-state index is 12.0. The molecule has 140 valence electrons. The maximum atomic E-state index is 12.0. The summed E-state index contributed by atoms with van der Waals surface area (Å²) < 4.78 is 10.8. The lowest BCUT2D eigenvalue weighted by atomic mass is 10.1. The summed E-state index contributed by atoms with van der Waals surface area (Å²) in [5.74, 6) is 1.22. The van der Waals surface area contributed by atoms with Crippen LogP contribution < -0.4 is 10.1 Å². The van der Waals surface area contributed by atoms with E-state index in [1.54, 1.807) is 0 Å². The molecule has 0 radical (unpaired) electrons. The van der Waals surface area contributed by atoms with Crippen LogP contribution in [0, 0.1) is 6.92 Å². The van der Waals surface area contributed by atoms with Gasteiger partial charge in [0.1, 0.15) is 5.75 Å². The average Bonchev–Trinajstić information content (AvgIpc) is 3.20. The second-order valence-corrected chi connectivity index (χ2v) is 6.45. The van der Waals surface area contributed by atoms with E-state index in [0.717, 1.165) is 21.9 Å². The zero-order chi connectivity index (χ0) is 19.3. The molecule has 1 N–H and O–H groups in total. The standard InChI is InChI=1S/C22H19N3O3/c1-15-6-8-17(9-7-15)22-24-21(28-25-22)13-23-20(26)14-27-19-11-10-16-4-2-3-5-18(16)12-19/h2-12H,13-14H2,1H3,(H,23,26). The van der Waals surface area contributed by atoms with E-state index in [1.165, 1.54) is 0 Å². The van der Waals surface area contributed by atoms with Crippen molar-refractivity contribution in [3.05, 3.63) is 78.2 Å². The van der Waals surface area contributed by atoms with Gasteiger partial charge in [-0.05, 0) is 29.8 Å². The number of nitrogens with zero attached hydrogens (tertiary/aromatic N) is 2. The molecule has 4 aromatic rings. The molecule has 6 nitrogen and oxygen atoms in total. The molecule has 1 heterocycles. The van der Waals surface area contributed by atoms with E-state index >= 15 is 0 Å². The second kappa shape index (κ2) is 7.92. The van der Waals surface area contributed by atoms with Crippen LogP contribution in [0.15, 0.2) is 71.3 Å². The number of benzene rings is 3. The second-order valence-electron chi connectivity index (χ2n) is 6.45. The molecule has 1 amide bonds. The molecule has 0 bridgehead atoms. The fraction of sp³-hybridized carbons (Fsp3) is 0.136. The first-order valence-electron chi connectivity index (χ1n) is 8.95. The Morgan fingerprint density at radius 3 is 2.64 bits per heavy atom. The molecule has 28 heavy (non-hydrogen) atoms. The van der Waals surface area contributed by atoms with Gasteiger partial charge in [-0.3, -0.25) is 4.79 Å². The quantitative estimate of drug-likeness (QED) is 0.555. The lowest BCUT2D eigenvalue weighted by Gasteiger charge is -2.07. The number of aromatic nitrogens is 2. The highest BCUT2D eigenvalue weighted by Crippen LogP contribution is 2.20. The molecule has 0 aliphatic heterocycles. The first-order chi connectivity index (χ1) is 13.7. The normalized spacial score (nSPS) is 10.8. The van der Waals surface area contributed by atoms with E-state index in [2.05, 4.69) is 15.5 Å². The predicted octanol–water partition coefficient (Wildman–Crippen LogP) is 3.89. The highest BCUT2D eigenvalue weighted by molar-refractivity contribution is 5.84. The van der Waals surface area contributed by atoms with Crippen LogP contribution >= 0.6 is 0 Å². The van der Waals surface area contributed by atoms with Crippen molar-refractivity contribution in [3.63, 3.8) is 0 Å². The van der Waals surface area contributed by atoms with Crippen molar-refractivity contribution in [1.29, 1.82) is 0 Å². The van der Waals surface area contributed by atoms with Crippen LogP contribution in [0.5, 0.6) is 5.75 Å². The highest BCUT2D eigenvalue weighted by Gasteiger charge is 2.10. The number of carbonyl (C=O) groups is 1. The molecular formula is C22H19N3O3. The van der Waals surface area contributed by atoms with Crippen LogP contribution in [0.25, 0.3) is 22.2 Å². The Morgan fingerprint density at radius 2 is 1.82 bits per heavy atom. The molecule has 4 rings (SSSR count). The predicted molar refractivity (Wildman–Crippen MR) is 106 cm³/mol. The summed E-state index contributed by atoms with van der Waals surface area (Å²) in [5.41, 5.74) is 2.03. The minimum Gasteiger partial charge on any atom is -0.484 e.